The number of rotatable bonds is 3. The zero-order valence-corrected chi connectivity index (χ0v) is 13.1. The second-order valence-electron chi connectivity index (χ2n) is 7.45. The number of hydrogen-bond donors (Lipinski definition) is 1. The van der Waals surface area contributed by atoms with Gasteiger partial charge >= 0.3 is 0 Å². The van der Waals surface area contributed by atoms with Gasteiger partial charge in [-0.2, -0.15) is 0 Å². The van der Waals surface area contributed by atoms with E-state index < -0.39 is 0 Å². The van der Waals surface area contributed by atoms with Crippen molar-refractivity contribution in [3.63, 3.8) is 0 Å². The number of carbonyl (C=O) groups is 1. The van der Waals surface area contributed by atoms with Gasteiger partial charge in [0.2, 0.25) is 5.91 Å². The van der Waals surface area contributed by atoms with Crippen LogP contribution in [0.4, 0.5) is 0 Å². The number of piperidine rings is 1. The maximum atomic E-state index is 12.5. The molecule has 3 nitrogen and oxygen atoms in total. The topological polar surface area (TPSA) is 32.3 Å². The first-order chi connectivity index (χ1) is 9.65. The molecule has 0 aromatic rings. The van der Waals surface area contributed by atoms with Crippen molar-refractivity contribution in [3.8, 4) is 0 Å². The smallest absolute Gasteiger partial charge is 0.223 e. The van der Waals surface area contributed by atoms with Crippen LogP contribution in [0.15, 0.2) is 0 Å². The van der Waals surface area contributed by atoms with Gasteiger partial charge in [-0.1, -0.05) is 12.8 Å². The summed E-state index contributed by atoms with van der Waals surface area (Å²) < 4.78 is 0. The summed E-state index contributed by atoms with van der Waals surface area (Å²) in [5.74, 6) is 2.34. The van der Waals surface area contributed by atoms with Gasteiger partial charge < -0.3 is 10.2 Å². The predicted octanol–water partition coefficient (Wildman–Crippen LogP) is 2.80. The molecule has 3 rings (SSSR count). The molecule has 1 heterocycles. The SMILES string of the molecule is CC(C)N1CCC(C(=O)N[C@H]2CC[C@@H]3CCC[C@@H]32)CC1. The molecular formula is C17H30N2O. The Balaban J connectivity index is 1.48. The Labute approximate surface area is 123 Å². The summed E-state index contributed by atoms with van der Waals surface area (Å²) in [6, 6.07) is 1.12. The zero-order chi connectivity index (χ0) is 14.1. The summed E-state index contributed by atoms with van der Waals surface area (Å²) in [5.41, 5.74) is 0. The van der Waals surface area contributed by atoms with E-state index in [1.165, 1.54) is 32.1 Å². The van der Waals surface area contributed by atoms with E-state index in [-0.39, 0.29) is 5.92 Å². The largest absolute Gasteiger partial charge is 0.353 e. The van der Waals surface area contributed by atoms with Gasteiger partial charge in [0.1, 0.15) is 0 Å². The van der Waals surface area contributed by atoms with Crippen LogP contribution in [-0.4, -0.2) is 36.0 Å². The van der Waals surface area contributed by atoms with Crippen LogP contribution in [0.3, 0.4) is 0 Å². The molecule has 20 heavy (non-hydrogen) atoms. The lowest BCUT2D eigenvalue weighted by Gasteiger charge is -2.34. The first-order valence-electron chi connectivity index (χ1n) is 8.69. The van der Waals surface area contributed by atoms with E-state index in [2.05, 4.69) is 24.1 Å². The van der Waals surface area contributed by atoms with Crippen molar-refractivity contribution in [2.45, 2.75) is 70.9 Å². The molecule has 3 heteroatoms. The van der Waals surface area contributed by atoms with E-state index in [1.54, 1.807) is 0 Å². The average molecular weight is 278 g/mol. The van der Waals surface area contributed by atoms with E-state index in [4.69, 9.17) is 0 Å². The minimum atomic E-state index is 0.269. The predicted molar refractivity (Wildman–Crippen MR) is 81.4 cm³/mol. The van der Waals surface area contributed by atoms with E-state index in [1.807, 2.05) is 0 Å². The van der Waals surface area contributed by atoms with Crippen molar-refractivity contribution in [1.82, 2.24) is 10.2 Å². The Morgan fingerprint density at radius 2 is 1.80 bits per heavy atom. The molecule has 1 saturated heterocycles. The lowest BCUT2D eigenvalue weighted by molar-refractivity contribution is -0.127. The highest BCUT2D eigenvalue weighted by Gasteiger charge is 2.40. The number of fused-ring (bicyclic) bond motifs is 1. The highest BCUT2D eigenvalue weighted by atomic mass is 16.2. The van der Waals surface area contributed by atoms with Gasteiger partial charge in [0.25, 0.3) is 0 Å². The van der Waals surface area contributed by atoms with Gasteiger partial charge in [0, 0.05) is 18.0 Å². The molecule has 1 aliphatic heterocycles. The van der Waals surface area contributed by atoms with Crippen LogP contribution >= 0.6 is 0 Å². The lowest BCUT2D eigenvalue weighted by atomic mass is 9.93. The summed E-state index contributed by atoms with van der Waals surface area (Å²) in [4.78, 5) is 15.0. The molecule has 0 aromatic heterocycles. The molecule has 2 saturated carbocycles. The Hall–Kier alpha value is -0.570. The van der Waals surface area contributed by atoms with Crippen molar-refractivity contribution < 1.29 is 4.79 Å². The standard InChI is InChI=1S/C17H30N2O/c1-12(2)19-10-8-14(9-11-19)17(20)18-16-7-6-13-4-3-5-15(13)16/h12-16H,3-11H2,1-2H3,(H,18,20)/t13-,15-,16-/m0/s1. The van der Waals surface area contributed by atoms with Gasteiger partial charge in [-0.3, -0.25) is 4.79 Å². The molecule has 0 spiro atoms. The van der Waals surface area contributed by atoms with Crippen molar-refractivity contribution in [1.29, 1.82) is 0 Å². The van der Waals surface area contributed by atoms with Gasteiger partial charge in [0.15, 0.2) is 0 Å². The first kappa shape index (κ1) is 14.4. The van der Waals surface area contributed by atoms with E-state index in [9.17, 15) is 4.79 Å². The molecule has 3 atom stereocenters. The minimum absolute atomic E-state index is 0.269. The van der Waals surface area contributed by atoms with Crippen LogP contribution in [0.1, 0.15) is 58.8 Å². The van der Waals surface area contributed by atoms with Crippen molar-refractivity contribution in [3.05, 3.63) is 0 Å². The molecule has 1 amide bonds. The normalized spacial score (nSPS) is 35.5. The Morgan fingerprint density at radius 3 is 2.50 bits per heavy atom. The van der Waals surface area contributed by atoms with Crippen LogP contribution in [0.5, 0.6) is 0 Å². The van der Waals surface area contributed by atoms with Crippen LogP contribution in [0, 0.1) is 17.8 Å². The van der Waals surface area contributed by atoms with Crippen LogP contribution in [0.25, 0.3) is 0 Å². The quantitative estimate of drug-likeness (QED) is 0.861. The van der Waals surface area contributed by atoms with E-state index in [0.29, 0.717) is 18.0 Å². The van der Waals surface area contributed by atoms with Crippen LogP contribution in [-0.2, 0) is 4.79 Å². The molecule has 3 fully saturated rings. The summed E-state index contributed by atoms with van der Waals surface area (Å²) in [7, 11) is 0. The molecule has 1 N–H and O–H groups in total. The second kappa shape index (κ2) is 6.05. The molecule has 0 unspecified atom stereocenters. The maximum absolute atomic E-state index is 12.5. The van der Waals surface area contributed by atoms with Gasteiger partial charge in [0.05, 0.1) is 0 Å². The van der Waals surface area contributed by atoms with Gasteiger partial charge in [-0.25, -0.2) is 0 Å². The average Bonchev–Trinajstić information content (AvgIpc) is 3.04. The second-order valence-corrected chi connectivity index (χ2v) is 7.45. The number of nitrogens with one attached hydrogen (secondary N) is 1. The first-order valence-corrected chi connectivity index (χ1v) is 8.69. The molecular weight excluding hydrogens is 248 g/mol. The van der Waals surface area contributed by atoms with E-state index >= 15 is 0 Å². The van der Waals surface area contributed by atoms with Gasteiger partial charge in [-0.15, -0.1) is 0 Å². The monoisotopic (exact) mass is 278 g/mol. The third-order valence-electron chi connectivity index (χ3n) is 6.04. The fourth-order valence-electron chi connectivity index (χ4n) is 4.72. The Morgan fingerprint density at radius 1 is 1.05 bits per heavy atom. The number of hydrogen-bond acceptors (Lipinski definition) is 2. The highest BCUT2D eigenvalue weighted by molar-refractivity contribution is 5.79. The molecule has 3 aliphatic rings. The van der Waals surface area contributed by atoms with Crippen molar-refractivity contribution >= 4 is 5.91 Å². The van der Waals surface area contributed by atoms with Crippen LogP contribution in [0.2, 0.25) is 0 Å². The summed E-state index contributed by atoms with van der Waals surface area (Å²) in [5, 5.41) is 3.41. The summed E-state index contributed by atoms with van der Waals surface area (Å²) >= 11 is 0. The number of carbonyl (C=O) groups excluding carboxylic acids is 1. The fourth-order valence-corrected chi connectivity index (χ4v) is 4.72. The molecule has 2 aliphatic carbocycles. The molecule has 0 radical (unpaired) electrons. The van der Waals surface area contributed by atoms with Crippen molar-refractivity contribution in [2.24, 2.45) is 17.8 Å². The Kier molecular flexibility index (Phi) is 4.34. The van der Waals surface area contributed by atoms with Gasteiger partial charge in [-0.05, 0) is 70.9 Å². The minimum Gasteiger partial charge on any atom is -0.353 e. The van der Waals surface area contributed by atoms with Crippen molar-refractivity contribution in [2.75, 3.05) is 13.1 Å². The maximum Gasteiger partial charge on any atom is 0.223 e. The lowest BCUT2D eigenvalue weighted by Crippen LogP contribution is -2.46. The highest BCUT2D eigenvalue weighted by Crippen LogP contribution is 2.44. The fraction of sp³-hybridized carbons (Fsp3) is 0.941. The summed E-state index contributed by atoms with van der Waals surface area (Å²) in [6.45, 7) is 6.68. The Bertz CT molecular complexity index is 347. The molecule has 114 valence electrons. The number of nitrogens with zero attached hydrogens (tertiary/aromatic N) is 1. The number of amides is 1. The third kappa shape index (κ3) is 2.88. The van der Waals surface area contributed by atoms with Crippen LogP contribution < -0.4 is 5.32 Å². The number of likely N-dealkylation sites (tertiary alicyclic amines) is 1. The zero-order valence-electron chi connectivity index (χ0n) is 13.1. The van der Waals surface area contributed by atoms with E-state index in [0.717, 1.165) is 37.8 Å². The molecule has 0 aromatic carbocycles. The third-order valence-corrected chi connectivity index (χ3v) is 6.04. The summed E-state index contributed by atoms with van der Waals surface area (Å²) in [6.07, 6.45) is 8.81. The molecule has 0 bridgehead atoms.